The number of benzene rings is 1. The number of carbonyl (C=O) groups is 1. The van der Waals surface area contributed by atoms with E-state index >= 15 is 0 Å². The van der Waals surface area contributed by atoms with Crippen LogP contribution in [0.2, 0.25) is 0 Å². The van der Waals surface area contributed by atoms with E-state index in [1.807, 2.05) is 35.0 Å². The molecular weight excluding hydrogens is 397 g/mol. The minimum absolute atomic E-state index is 0.329. The van der Waals surface area contributed by atoms with Crippen molar-refractivity contribution in [1.82, 2.24) is 19.8 Å². The molecule has 0 radical (unpaired) electrons. The Morgan fingerprint density at radius 2 is 1.97 bits per heavy atom. The van der Waals surface area contributed by atoms with Crippen LogP contribution in [0.4, 0.5) is 13.2 Å². The molecule has 2 aromatic rings. The lowest BCUT2D eigenvalue weighted by molar-refractivity contribution is -0.143. The van der Waals surface area contributed by atoms with Gasteiger partial charge in [0.2, 0.25) is 5.91 Å². The zero-order chi connectivity index (χ0) is 21.2. The van der Waals surface area contributed by atoms with Gasteiger partial charge in [-0.3, -0.25) is 9.69 Å². The molecule has 6 nitrogen and oxygen atoms in total. The van der Waals surface area contributed by atoms with Crippen LogP contribution in [0, 0.1) is 11.3 Å². The lowest BCUT2D eigenvalue weighted by Crippen LogP contribution is -2.46. The largest absolute Gasteiger partial charge is 0.405 e. The van der Waals surface area contributed by atoms with Gasteiger partial charge in [-0.25, -0.2) is 4.98 Å². The third-order valence-corrected chi connectivity index (χ3v) is 6.13. The van der Waals surface area contributed by atoms with E-state index in [2.05, 4.69) is 15.2 Å². The summed E-state index contributed by atoms with van der Waals surface area (Å²) in [7, 11) is 0. The van der Waals surface area contributed by atoms with Crippen molar-refractivity contribution in [2.75, 3.05) is 32.8 Å². The summed E-state index contributed by atoms with van der Waals surface area (Å²) in [5.74, 6) is -0.971. The molecule has 1 aromatic heterocycles. The Balaban J connectivity index is 1.45. The number of halogens is 3. The molecular formula is C21H25F3N4O2. The fourth-order valence-electron chi connectivity index (χ4n) is 4.59. The number of likely N-dealkylation sites (tertiary alicyclic amines) is 1. The van der Waals surface area contributed by atoms with Crippen LogP contribution >= 0.6 is 0 Å². The number of nitrogens with zero attached hydrogens (tertiary/aromatic N) is 3. The summed E-state index contributed by atoms with van der Waals surface area (Å²) < 4.78 is 45.1. The molecule has 3 heterocycles. The van der Waals surface area contributed by atoms with Gasteiger partial charge in [0.1, 0.15) is 6.54 Å². The van der Waals surface area contributed by atoms with Gasteiger partial charge in [0.25, 0.3) is 0 Å². The van der Waals surface area contributed by atoms with Crippen LogP contribution in [0.3, 0.4) is 0 Å². The number of hydrogen-bond acceptors (Lipinski definition) is 4. The number of alkyl halides is 3. The van der Waals surface area contributed by atoms with E-state index in [4.69, 9.17) is 4.74 Å². The summed E-state index contributed by atoms with van der Waals surface area (Å²) in [5.41, 5.74) is 1.77. The number of rotatable bonds is 5. The van der Waals surface area contributed by atoms with Gasteiger partial charge in [-0.05, 0) is 30.5 Å². The fourth-order valence-corrected chi connectivity index (χ4v) is 4.59. The molecule has 0 saturated carbocycles. The van der Waals surface area contributed by atoms with Crippen LogP contribution in [0.5, 0.6) is 0 Å². The number of nitrogens with one attached hydrogen (secondary N) is 1. The number of imidazole rings is 1. The molecule has 2 saturated heterocycles. The van der Waals surface area contributed by atoms with E-state index < -0.39 is 24.5 Å². The molecule has 2 aliphatic heterocycles. The number of aromatic nitrogens is 2. The van der Waals surface area contributed by atoms with E-state index in [0.29, 0.717) is 45.7 Å². The molecule has 0 bridgehead atoms. The minimum Gasteiger partial charge on any atom is -0.381 e. The van der Waals surface area contributed by atoms with Crippen molar-refractivity contribution < 1.29 is 22.7 Å². The summed E-state index contributed by atoms with van der Waals surface area (Å²) in [5, 5.41) is 2.10. The van der Waals surface area contributed by atoms with Gasteiger partial charge >= 0.3 is 6.18 Å². The lowest BCUT2D eigenvalue weighted by Gasteiger charge is -2.37. The maximum Gasteiger partial charge on any atom is 0.405 e. The highest BCUT2D eigenvalue weighted by Gasteiger charge is 2.50. The van der Waals surface area contributed by atoms with Crippen molar-refractivity contribution in [2.24, 2.45) is 11.3 Å². The second kappa shape index (κ2) is 8.39. The topological polar surface area (TPSA) is 59.4 Å². The first-order valence-electron chi connectivity index (χ1n) is 10.1. The van der Waals surface area contributed by atoms with Gasteiger partial charge in [-0.15, -0.1) is 0 Å². The zero-order valence-electron chi connectivity index (χ0n) is 16.6. The molecule has 2 aliphatic rings. The summed E-state index contributed by atoms with van der Waals surface area (Å²) in [6, 6.07) is 8.07. The third kappa shape index (κ3) is 4.67. The van der Waals surface area contributed by atoms with Crippen LogP contribution in [0.1, 0.15) is 18.4 Å². The Morgan fingerprint density at radius 3 is 2.60 bits per heavy atom. The monoisotopic (exact) mass is 422 g/mol. The highest BCUT2D eigenvalue weighted by atomic mass is 19.4. The van der Waals surface area contributed by atoms with Crippen molar-refractivity contribution in [1.29, 1.82) is 0 Å². The van der Waals surface area contributed by atoms with Crippen molar-refractivity contribution in [3.63, 3.8) is 0 Å². The van der Waals surface area contributed by atoms with Gasteiger partial charge in [-0.1, -0.05) is 12.1 Å². The average Bonchev–Trinajstić information content (AvgIpc) is 3.36. The van der Waals surface area contributed by atoms with Crippen molar-refractivity contribution in [3.8, 4) is 5.69 Å². The van der Waals surface area contributed by atoms with Crippen LogP contribution < -0.4 is 5.32 Å². The predicted octanol–water partition coefficient (Wildman–Crippen LogP) is 2.78. The fraction of sp³-hybridized carbons (Fsp3) is 0.524. The van der Waals surface area contributed by atoms with E-state index in [0.717, 1.165) is 11.3 Å². The van der Waals surface area contributed by atoms with Crippen molar-refractivity contribution in [2.45, 2.75) is 25.6 Å². The molecule has 0 aliphatic carbocycles. The first kappa shape index (κ1) is 20.9. The molecule has 1 atom stereocenters. The Kier molecular flexibility index (Phi) is 5.84. The minimum atomic E-state index is -4.41. The molecule has 1 spiro atoms. The van der Waals surface area contributed by atoms with Crippen molar-refractivity contribution in [3.05, 3.63) is 48.5 Å². The van der Waals surface area contributed by atoms with Gasteiger partial charge in [-0.2, -0.15) is 13.2 Å². The lowest BCUT2D eigenvalue weighted by atomic mass is 9.72. The first-order chi connectivity index (χ1) is 14.3. The molecule has 4 rings (SSSR count). The Labute approximate surface area is 173 Å². The third-order valence-electron chi connectivity index (χ3n) is 6.13. The highest BCUT2D eigenvalue weighted by molar-refractivity contribution is 5.80. The maximum absolute atomic E-state index is 12.7. The van der Waals surface area contributed by atoms with Gasteiger partial charge < -0.3 is 14.6 Å². The molecule has 30 heavy (non-hydrogen) atoms. The van der Waals surface area contributed by atoms with Crippen molar-refractivity contribution >= 4 is 5.91 Å². The van der Waals surface area contributed by atoms with Gasteiger partial charge in [0.15, 0.2) is 0 Å². The standard InChI is InChI=1S/C21H25F3N4O2/c22-21(23,24)13-26-19(29)18-12-27(14-20(18)5-9-30-10-6-20)11-16-1-3-17(4-2-16)28-8-7-25-15-28/h1-4,7-8,15,18H,5-6,9-14H2,(H,26,29). The Hall–Kier alpha value is -2.39. The van der Waals surface area contributed by atoms with Crippen LogP contribution in [0.15, 0.2) is 43.0 Å². The van der Waals surface area contributed by atoms with E-state index in [1.165, 1.54) is 0 Å². The smallest absolute Gasteiger partial charge is 0.381 e. The summed E-state index contributed by atoms with van der Waals surface area (Å²) in [6.07, 6.45) is 2.28. The quantitative estimate of drug-likeness (QED) is 0.805. The van der Waals surface area contributed by atoms with E-state index in [1.54, 1.807) is 12.5 Å². The molecule has 9 heteroatoms. The zero-order valence-corrected chi connectivity index (χ0v) is 16.6. The van der Waals surface area contributed by atoms with E-state index in [9.17, 15) is 18.0 Å². The Bertz CT molecular complexity index is 846. The molecule has 1 aromatic carbocycles. The average molecular weight is 422 g/mol. The summed E-state index contributed by atoms with van der Waals surface area (Å²) in [4.78, 5) is 18.9. The number of hydrogen-bond donors (Lipinski definition) is 1. The van der Waals surface area contributed by atoms with Crippen LogP contribution in [0.25, 0.3) is 5.69 Å². The molecule has 2 fully saturated rings. The van der Waals surface area contributed by atoms with Gasteiger partial charge in [0.05, 0.1) is 12.2 Å². The Morgan fingerprint density at radius 1 is 1.23 bits per heavy atom. The SMILES string of the molecule is O=C(NCC(F)(F)F)C1CN(Cc2ccc(-n3ccnc3)cc2)CC12CCOCC2. The summed E-state index contributed by atoms with van der Waals surface area (Å²) >= 11 is 0. The second-order valence-corrected chi connectivity index (χ2v) is 8.17. The highest BCUT2D eigenvalue weighted by Crippen LogP contribution is 2.44. The first-order valence-corrected chi connectivity index (χ1v) is 10.1. The number of carbonyl (C=O) groups excluding carboxylic acids is 1. The normalized spacial score (nSPS) is 21.8. The number of amides is 1. The summed E-state index contributed by atoms with van der Waals surface area (Å²) in [6.45, 7) is 1.57. The molecule has 162 valence electrons. The van der Waals surface area contributed by atoms with Crippen LogP contribution in [-0.4, -0.2) is 59.4 Å². The second-order valence-electron chi connectivity index (χ2n) is 8.17. The molecule has 1 N–H and O–H groups in total. The van der Waals surface area contributed by atoms with Crippen LogP contribution in [-0.2, 0) is 16.1 Å². The molecule has 1 amide bonds. The molecule has 1 unspecified atom stereocenters. The predicted molar refractivity (Wildman–Crippen MR) is 104 cm³/mol. The van der Waals surface area contributed by atoms with Gasteiger partial charge in [0, 0.05) is 56.3 Å². The number of ether oxygens (including phenoxy) is 1. The maximum atomic E-state index is 12.7. The van der Waals surface area contributed by atoms with E-state index in [-0.39, 0.29) is 5.41 Å².